The number of hydrogen-bond donors (Lipinski definition) is 1. The molecule has 0 aliphatic rings. The van der Waals surface area contributed by atoms with Crippen LogP contribution in [0.1, 0.15) is 16.1 Å². The Labute approximate surface area is 174 Å². The van der Waals surface area contributed by atoms with E-state index in [2.05, 4.69) is 15.4 Å². The van der Waals surface area contributed by atoms with Gasteiger partial charge in [-0.1, -0.05) is 17.7 Å². The van der Waals surface area contributed by atoms with Gasteiger partial charge >= 0.3 is 6.18 Å². The highest BCUT2D eigenvalue weighted by Crippen LogP contribution is 2.34. The quantitative estimate of drug-likeness (QED) is 0.557. The standard InChI is InChI=1S/C19H16ClF3N4O3/c1-29-7-8-30-16-6-5-13(10-24-16)26-18(28)15-11-25-27(17(15)19(21,22)23)14-4-2-3-12(20)9-14/h2-6,9-11H,7-8H2,1H3,(H,26,28). The highest BCUT2D eigenvalue weighted by Gasteiger charge is 2.40. The van der Waals surface area contributed by atoms with Crippen molar-refractivity contribution in [2.24, 2.45) is 0 Å². The number of methoxy groups -OCH3 is 1. The molecule has 1 N–H and O–H groups in total. The van der Waals surface area contributed by atoms with Gasteiger partial charge in [-0.2, -0.15) is 18.3 Å². The summed E-state index contributed by atoms with van der Waals surface area (Å²) in [6.07, 6.45) is -2.70. The van der Waals surface area contributed by atoms with Crippen molar-refractivity contribution in [3.05, 3.63) is 65.1 Å². The van der Waals surface area contributed by atoms with Crippen LogP contribution in [-0.4, -0.2) is 41.0 Å². The fourth-order valence-electron chi connectivity index (χ4n) is 2.56. The first-order valence-electron chi connectivity index (χ1n) is 8.60. The SMILES string of the molecule is COCCOc1ccc(NC(=O)c2cnn(-c3cccc(Cl)c3)c2C(F)(F)F)cn1. The minimum atomic E-state index is -4.83. The number of nitrogens with zero attached hydrogens (tertiary/aromatic N) is 3. The molecule has 0 bridgehead atoms. The molecule has 1 aromatic carbocycles. The summed E-state index contributed by atoms with van der Waals surface area (Å²) in [5.74, 6) is -0.694. The van der Waals surface area contributed by atoms with E-state index in [0.717, 1.165) is 6.20 Å². The van der Waals surface area contributed by atoms with E-state index in [4.69, 9.17) is 21.1 Å². The maximum Gasteiger partial charge on any atom is 0.434 e. The van der Waals surface area contributed by atoms with Crippen LogP contribution in [0.5, 0.6) is 5.88 Å². The molecule has 7 nitrogen and oxygen atoms in total. The summed E-state index contributed by atoms with van der Waals surface area (Å²) >= 11 is 5.86. The average molecular weight is 441 g/mol. The van der Waals surface area contributed by atoms with Gasteiger partial charge in [0.15, 0.2) is 5.69 Å². The van der Waals surface area contributed by atoms with E-state index >= 15 is 0 Å². The van der Waals surface area contributed by atoms with Crippen molar-refractivity contribution in [2.45, 2.75) is 6.18 Å². The number of anilines is 1. The predicted molar refractivity (Wildman–Crippen MR) is 103 cm³/mol. The Balaban J connectivity index is 1.84. The van der Waals surface area contributed by atoms with Crippen LogP contribution in [0.4, 0.5) is 18.9 Å². The molecule has 0 aliphatic heterocycles. The Morgan fingerprint density at radius 1 is 1.20 bits per heavy atom. The van der Waals surface area contributed by atoms with Crippen molar-refractivity contribution in [1.29, 1.82) is 0 Å². The third kappa shape index (κ3) is 5.08. The lowest BCUT2D eigenvalue weighted by atomic mass is 10.2. The molecule has 2 aromatic heterocycles. The van der Waals surface area contributed by atoms with E-state index in [1.165, 1.54) is 49.7 Å². The molecule has 1 amide bonds. The summed E-state index contributed by atoms with van der Waals surface area (Å²) in [5, 5.41) is 6.36. The predicted octanol–water partition coefficient (Wildman–Crippen LogP) is 4.22. The molecule has 11 heteroatoms. The lowest BCUT2D eigenvalue weighted by Gasteiger charge is -2.13. The van der Waals surface area contributed by atoms with Crippen LogP contribution in [0.3, 0.4) is 0 Å². The zero-order valence-corrected chi connectivity index (χ0v) is 16.4. The van der Waals surface area contributed by atoms with Crippen LogP contribution >= 0.6 is 11.6 Å². The Kier molecular flexibility index (Phi) is 6.58. The molecule has 0 spiro atoms. The number of carbonyl (C=O) groups is 1. The molecule has 0 aliphatic carbocycles. The van der Waals surface area contributed by atoms with E-state index in [9.17, 15) is 18.0 Å². The van der Waals surface area contributed by atoms with E-state index in [1.54, 1.807) is 0 Å². The normalized spacial score (nSPS) is 11.4. The van der Waals surface area contributed by atoms with E-state index < -0.39 is 23.3 Å². The second-order valence-electron chi connectivity index (χ2n) is 5.98. The van der Waals surface area contributed by atoms with Crippen LogP contribution in [0, 0.1) is 0 Å². The number of aromatic nitrogens is 3. The molecule has 0 atom stereocenters. The lowest BCUT2D eigenvalue weighted by Crippen LogP contribution is -2.20. The smallest absolute Gasteiger partial charge is 0.434 e. The van der Waals surface area contributed by atoms with Crippen LogP contribution in [0.15, 0.2) is 48.8 Å². The van der Waals surface area contributed by atoms with E-state index in [0.29, 0.717) is 11.3 Å². The summed E-state index contributed by atoms with van der Waals surface area (Å²) in [6, 6.07) is 8.67. The second-order valence-corrected chi connectivity index (χ2v) is 6.41. The van der Waals surface area contributed by atoms with Crippen LogP contribution in [-0.2, 0) is 10.9 Å². The zero-order chi connectivity index (χ0) is 21.7. The topological polar surface area (TPSA) is 78.3 Å². The molecule has 3 rings (SSSR count). The summed E-state index contributed by atoms with van der Waals surface area (Å²) in [4.78, 5) is 16.5. The van der Waals surface area contributed by atoms with Gasteiger partial charge in [-0.05, 0) is 24.3 Å². The van der Waals surface area contributed by atoms with Crippen molar-refractivity contribution < 1.29 is 27.4 Å². The van der Waals surface area contributed by atoms with Gasteiger partial charge in [-0.3, -0.25) is 4.79 Å². The van der Waals surface area contributed by atoms with Gasteiger partial charge < -0.3 is 14.8 Å². The van der Waals surface area contributed by atoms with Crippen LogP contribution in [0.2, 0.25) is 5.02 Å². The molecule has 0 unspecified atom stereocenters. The fourth-order valence-corrected chi connectivity index (χ4v) is 2.74. The molecule has 3 aromatic rings. The maximum atomic E-state index is 13.7. The van der Waals surface area contributed by atoms with Gasteiger partial charge in [-0.25, -0.2) is 9.67 Å². The molecule has 30 heavy (non-hydrogen) atoms. The monoisotopic (exact) mass is 440 g/mol. The number of nitrogens with one attached hydrogen (secondary N) is 1. The fraction of sp³-hybridized carbons (Fsp3) is 0.211. The Morgan fingerprint density at radius 3 is 2.63 bits per heavy atom. The van der Waals surface area contributed by atoms with Crippen molar-refractivity contribution in [2.75, 3.05) is 25.6 Å². The third-order valence-electron chi connectivity index (χ3n) is 3.87. The number of alkyl halides is 3. The largest absolute Gasteiger partial charge is 0.475 e. The zero-order valence-electron chi connectivity index (χ0n) is 15.6. The van der Waals surface area contributed by atoms with Crippen molar-refractivity contribution in [1.82, 2.24) is 14.8 Å². The number of halogens is 4. The number of ether oxygens (including phenoxy) is 2. The first-order valence-corrected chi connectivity index (χ1v) is 8.97. The number of carbonyl (C=O) groups excluding carboxylic acids is 1. The van der Waals surface area contributed by atoms with E-state index in [-0.39, 0.29) is 28.9 Å². The summed E-state index contributed by atoms with van der Waals surface area (Å²) < 4.78 is 51.9. The number of pyridine rings is 1. The van der Waals surface area contributed by atoms with Crippen molar-refractivity contribution >= 4 is 23.2 Å². The van der Waals surface area contributed by atoms with Crippen molar-refractivity contribution in [3.63, 3.8) is 0 Å². The van der Waals surface area contributed by atoms with Gasteiger partial charge in [0, 0.05) is 18.2 Å². The first-order chi connectivity index (χ1) is 14.3. The summed E-state index contributed by atoms with van der Waals surface area (Å²) in [7, 11) is 1.53. The number of rotatable bonds is 7. The van der Waals surface area contributed by atoms with Crippen molar-refractivity contribution in [3.8, 4) is 11.6 Å². The van der Waals surface area contributed by atoms with Gasteiger partial charge in [0.25, 0.3) is 5.91 Å². The second kappa shape index (κ2) is 9.14. The number of hydrogen-bond acceptors (Lipinski definition) is 5. The lowest BCUT2D eigenvalue weighted by molar-refractivity contribution is -0.143. The van der Waals surface area contributed by atoms with Gasteiger partial charge in [0.1, 0.15) is 6.61 Å². The van der Waals surface area contributed by atoms with E-state index in [1.807, 2.05) is 0 Å². The Bertz CT molecular complexity index is 1020. The van der Waals surface area contributed by atoms with Crippen LogP contribution in [0.25, 0.3) is 5.69 Å². The maximum absolute atomic E-state index is 13.7. The molecule has 0 fully saturated rings. The van der Waals surface area contributed by atoms with Gasteiger partial charge in [0.2, 0.25) is 5.88 Å². The molecular formula is C19H16ClF3N4O3. The summed E-state index contributed by atoms with van der Waals surface area (Å²) in [5.41, 5.74) is -1.58. The minimum Gasteiger partial charge on any atom is -0.475 e. The highest BCUT2D eigenvalue weighted by atomic mass is 35.5. The summed E-state index contributed by atoms with van der Waals surface area (Å²) in [6.45, 7) is 0.657. The minimum absolute atomic E-state index is 0.0769. The molecule has 0 saturated heterocycles. The van der Waals surface area contributed by atoms with Crippen LogP contribution < -0.4 is 10.1 Å². The molecule has 0 radical (unpaired) electrons. The average Bonchev–Trinajstić information content (AvgIpc) is 3.15. The Hall–Kier alpha value is -3.11. The molecule has 158 valence electrons. The first kappa shape index (κ1) is 21.6. The number of amides is 1. The highest BCUT2D eigenvalue weighted by molar-refractivity contribution is 6.30. The van der Waals surface area contributed by atoms with Gasteiger partial charge in [-0.15, -0.1) is 0 Å². The molecular weight excluding hydrogens is 425 g/mol. The third-order valence-corrected chi connectivity index (χ3v) is 4.10. The Morgan fingerprint density at radius 2 is 2.00 bits per heavy atom. The number of benzene rings is 1. The molecule has 0 saturated carbocycles. The van der Waals surface area contributed by atoms with Gasteiger partial charge in [0.05, 0.1) is 35.9 Å². The molecule has 2 heterocycles.